The lowest BCUT2D eigenvalue weighted by atomic mass is 10.1. The lowest BCUT2D eigenvalue weighted by Crippen LogP contribution is -1.93. The van der Waals surface area contributed by atoms with Crippen LogP contribution < -0.4 is 4.74 Å². The van der Waals surface area contributed by atoms with E-state index in [1.54, 1.807) is 25.1 Å². The van der Waals surface area contributed by atoms with Gasteiger partial charge in [-0.2, -0.15) is 0 Å². The summed E-state index contributed by atoms with van der Waals surface area (Å²) >= 11 is 3.42. The van der Waals surface area contributed by atoms with Crippen LogP contribution in [0.5, 0.6) is 11.5 Å². The smallest absolute Gasteiger partial charge is 0.159 e. The van der Waals surface area contributed by atoms with Gasteiger partial charge >= 0.3 is 0 Å². The van der Waals surface area contributed by atoms with E-state index in [1.807, 2.05) is 24.3 Å². The van der Waals surface area contributed by atoms with Gasteiger partial charge in [0.2, 0.25) is 0 Å². The number of hydrogen-bond acceptors (Lipinski definition) is 2. The monoisotopic (exact) mass is 318 g/mol. The van der Waals surface area contributed by atoms with Crippen LogP contribution in [0.4, 0.5) is 0 Å². The van der Waals surface area contributed by atoms with Crippen molar-refractivity contribution in [2.75, 3.05) is 0 Å². The average molecular weight is 319 g/mol. The molecular weight excluding hydrogens is 304 g/mol. The summed E-state index contributed by atoms with van der Waals surface area (Å²) in [6.45, 7) is 3.67. The number of hydrogen-bond donors (Lipinski definition) is 0. The highest BCUT2D eigenvalue weighted by Gasteiger charge is 2.06. The van der Waals surface area contributed by atoms with E-state index >= 15 is 0 Å². The third-order valence-electron chi connectivity index (χ3n) is 2.90. The summed E-state index contributed by atoms with van der Waals surface area (Å²) in [5.74, 6) is 1.53. The molecular formula is C16H15BrO2. The number of carbonyl (C=O) groups is 1. The zero-order chi connectivity index (χ0) is 13.8. The van der Waals surface area contributed by atoms with Crippen molar-refractivity contribution >= 4 is 21.7 Å². The Labute approximate surface area is 121 Å². The minimum absolute atomic E-state index is 0.0412. The Bertz CT molecular complexity index is 588. The summed E-state index contributed by atoms with van der Waals surface area (Å²) in [6, 6.07) is 13.3. The van der Waals surface area contributed by atoms with E-state index in [1.165, 1.54) is 5.56 Å². The van der Waals surface area contributed by atoms with Crippen LogP contribution in [0.2, 0.25) is 0 Å². The van der Waals surface area contributed by atoms with Crippen molar-refractivity contribution in [2.24, 2.45) is 0 Å². The van der Waals surface area contributed by atoms with Crippen LogP contribution in [-0.2, 0) is 6.42 Å². The minimum atomic E-state index is 0.0412. The number of ketones is 1. The molecule has 0 saturated heterocycles. The van der Waals surface area contributed by atoms with Gasteiger partial charge in [0.25, 0.3) is 0 Å². The van der Waals surface area contributed by atoms with Crippen LogP contribution >= 0.6 is 15.9 Å². The molecule has 3 heteroatoms. The van der Waals surface area contributed by atoms with Gasteiger partial charge in [-0.25, -0.2) is 0 Å². The molecule has 0 unspecified atom stereocenters. The maximum atomic E-state index is 11.3. The Kier molecular flexibility index (Phi) is 4.38. The summed E-state index contributed by atoms with van der Waals surface area (Å²) in [7, 11) is 0. The Balaban J connectivity index is 2.20. The van der Waals surface area contributed by atoms with Crippen LogP contribution in [0, 0.1) is 0 Å². The zero-order valence-corrected chi connectivity index (χ0v) is 12.5. The topological polar surface area (TPSA) is 26.3 Å². The number of carbonyl (C=O) groups excluding carboxylic acids is 1. The Hall–Kier alpha value is -1.61. The quantitative estimate of drug-likeness (QED) is 0.741. The van der Waals surface area contributed by atoms with Crippen molar-refractivity contribution in [1.82, 2.24) is 0 Å². The number of rotatable bonds is 4. The molecule has 0 radical (unpaired) electrons. The Morgan fingerprint density at radius 3 is 2.37 bits per heavy atom. The molecule has 0 aliphatic heterocycles. The SMILES string of the molecule is CCc1ccc(Oc2ccc(C(C)=O)cc2Br)cc1. The van der Waals surface area contributed by atoms with Crippen molar-refractivity contribution in [1.29, 1.82) is 0 Å². The number of aryl methyl sites for hydroxylation is 1. The predicted octanol–water partition coefficient (Wildman–Crippen LogP) is 5.01. The molecule has 0 N–H and O–H groups in total. The molecule has 98 valence electrons. The second kappa shape index (κ2) is 6.02. The van der Waals surface area contributed by atoms with Crippen LogP contribution in [0.1, 0.15) is 29.8 Å². The van der Waals surface area contributed by atoms with Gasteiger partial charge < -0.3 is 4.74 Å². The highest BCUT2D eigenvalue weighted by atomic mass is 79.9. The lowest BCUT2D eigenvalue weighted by molar-refractivity contribution is 0.101. The minimum Gasteiger partial charge on any atom is -0.456 e. The maximum absolute atomic E-state index is 11.3. The fourth-order valence-corrected chi connectivity index (χ4v) is 2.18. The van der Waals surface area contributed by atoms with Gasteiger partial charge in [-0.05, 0) is 65.2 Å². The zero-order valence-electron chi connectivity index (χ0n) is 10.9. The summed E-state index contributed by atoms with van der Waals surface area (Å²) < 4.78 is 6.56. The van der Waals surface area contributed by atoms with Crippen molar-refractivity contribution in [3.8, 4) is 11.5 Å². The van der Waals surface area contributed by atoms with Gasteiger partial charge in [-0.3, -0.25) is 4.79 Å². The van der Waals surface area contributed by atoms with E-state index in [4.69, 9.17) is 4.74 Å². The van der Waals surface area contributed by atoms with E-state index in [-0.39, 0.29) is 5.78 Å². The largest absolute Gasteiger partial charge is 0.456 e. The number of ether oxygens (including phenoxy) is 1. The predicted molar refractivity (Wildman–Crippen MR) is 80.0 cm³/mol. The van der Waals surface area contributed by atoms with Crippen LogP contribution in [0.25, 0.3) is 0 Å². The van der Waals surface area contributed by atoms with Gasteiger partial charge in [-0.15, -0.1) is 0 Å². The fourth-order valence-electron chi connectivity index (χ4n) is 1.72. The molecule has 2 nitrogen and oxygen atoms in total. The first-order chi connectivity index (χ1) is 9.10. The fraction of sp³-hybridized carbons (Fsp3) is 0.188. The molecule has 2 aromatic carbocycles. The van der Waals surface area contributed by atoms with E-state index in [2.05, 4.69) is 22.9 Å². The average Bonchev–Trinajstić information content (AvgIpc) is 2.41. The maximum Gasteiger partial charge on any atom is 0.159 e. The molecule has 0 aliphatic rings. The number of halogens is 1. The highest BCUT2D eigenvalue weighted by molar-refractivity contribution is 9.10. The van der Waals surface area contributed by atoms with Gasteiger partial charge in [0.05, 0.1) is 4.47 Å². The van der Waals surface area contributed by atoms with Crippen molar-refractivity contribution in [3.05, 3.63) is 58.1 Å². The van der Waals surface area contributed by atoms with Gasteiger partial charge in [-0.1, -0.05) is 19.1 Å². The van der Waals surface area contributed by atoms with Gasteiger partial charge in [0, 0.05) is 5.56 Å². The summed E-state index contributed by atoms with van der Waals surface area (Å²) in [4.78, 5) is 11.3. The van der Waals surface area contributed by atoms with Crippen molar-refractivity contribution < 1.29 is 9.53 Å². The van der Waals surface area contributed by atoms with Crippen molar-refractivity contribution in [3.63, 3.8) is 0 Å². The Morgan fingerprint density at radius 1 is 1.16 bits per heavy atom. The molecule has 0 atom stereocenters. The molecule has 0 saturated carbocycles. The normalized spacial score (nSPS) is 10.3. The third kappa shape index (κ3) is 3.44. The second-order valence-electron chi connectivity index (χ2n) is 4.30. The van der Waals surface area contributed by atoms with Crippen LogP contribution in [0.3, 0.4) is 0 Å². The molecule has 2 rings (SSSR count). The summed E-state index contributed by atoms with van der Waals surface area (Å²) in [5, 5.41) is 0. The molecule has 2 aromatic rings. The van der Waals surface area contributed by atoms with Gasteiger partial charge in [0.15, 0.2) is 5.78 Å². The highest BCUT2D eigenvalue weighted by Crippen LogP contribution is 2.30. The second-order valence-corrected chi connectivity index (χ2v) is 5.16. The molecule has 0 bridgehead atoms. The molecule has 0 spiro atoms. The first-order valence-electron chi connectivity index (χ1n) is 6.17. The number of benzene rings is 2. The van der Waals surface area contributed by atoms with Crippen LogP contribution in [-0.4, -0.2) is 5.78 Å². The van der Waals surface area contributed by atoms with Crippen molar-refractivity contribution in [2.45, 2.75) is 20.3 Å². The molecule has 0 aliphatic carbocycles. The molecule has 19 heavy (non-hydrogen) atoms. The van der Waals surface area contributed by atoms with Crippen LogP contribution in [0.15, 0.2) is 46.9 Å². The summed E-state index contributed by atoms with van der Waals surface area (Å²) in [6.07, 6.45) is 1.01. The van der Waals surface area contributed by atoms with Gasteiger partial charge in [0.1, 0.15) is 11.5 Å². The van der Waals surface area contributed by atoms with E-state index in [0.717, 1.165) is 16.6 Å². The molecule has 0 heterocycles. The molecule has 0 aromatic heterocycles. The molecule has 0 amide bonds. The Morgan fingerprint density at radius 2 is 1.84 bits per heavy atom. The standard InChI is InChI=1S/C16H15BrO2/c1-3-12-4-7-14(8-5-12)19-16-9-6-13(11(2)18)10-15(16)17/h4-10H,3H2,1-2H3. The first kappa shape index (κ1) is 13.8. The number of Topliss-reactive ketones (excluding diaryl/α,β-unsaturated/α-hetero) is 1. The van der Waals surface area contributed by atoms with E-state index in [0.29, 0.717) is 11.3 Å². The first-order valence-corrected chi connectivity index (χ1v) is 6.96. The third-order valence-corrected chi connectivity index (χ3v) is 3.52. The van der Waals surface area contributed by atoms with E-state index < -0.39 is 0 Å². The lowest BCUT2D eigenvalue weighted by Gasteiger charge is -2.09. The van der Waals surface area contributed by atoms with E-state index in [9.17, 15) is 4.79 Å². The summed E-state index contributed by atoms with van der Waals surface area (Å²) in [5.41, 5.74) is 1.94. The molecule has 0 fully saturated rings.